The second-order valence-electron chi connectivity index (χ2n) is 4.03. The molecular formula is C12H13BrN2O2S2. The number of benzene rings is 1. The molecule has 0 aliphatic carbocycles. The van der Waals surface area contributed by atoms with Crippen LogP contribution < -0.4 is 11.1 Å². The van der Waals surface area contributed by atoms with Crippen LogP contribution in [0, 0.1) is 0 Å². The number of thiophene rings is 1. The zero-order valence-electron chi connectivity index (χ0n) is 10.2. The highest BCUT2D eigenvalue weighted by molar-refractivity contribution is 9.10. The number of halogens is 1. The van der Waals surface area contributed by atoms with Gasteiger partial charge in [-0.25, -0.2) is 8.42 Å². The third-order valence-electron chi connectivity index (χ3n) is 2.60. The lowest BCUT2D eigenvalue weighted by atomic mass is 10.2. The summed E-state index contributed by atoms with van der Waals surface area (Å²) in [7, 11) is -3.31. The highest BCUT2D eigenvalue weighted by Crippen LogP contribution is 2.29. The molecule has 19 heavy (non-hydrogen) atoms. The van der Waals surface area contributed by atoms with Crippen LogP contribution in [0.1, 0.15) is 4.88 Å². The van der Waals surface area contributed by atoms with E-state index in [1.807, 2.05) is 11.4 Å². The molecule has 2 rings (SSSR count). The molecule has 0 spiro atoms. The maximum absolute atomic E-state index is 11.6. The molecule has 7 heteroatoms. The van der Waals surface area contributed by atoms with E-state index in [0.29, 0.717) is 12.2 Å². The standard InChI is InChI=1S/C12H13BrN2O2S2/c1-19(16,17)11-4-2-3-9(12(11)14)15-7-10-8(13)5-6-18-10/h2-6,15H,7,14H2,1H3. The third-order valence-corrected chi connectivity index (χ3v) is 5.68. The molecule has 0 saturated heterocycles. The lowest BCUT2D eigenvalue weighted by Gasteiger charge is -2.11. The maximum Gasteiger partial charge on any atom is 0.177 e. The zero-order valence-corrected chi connectivity index (χ0v) is 13.4. The van der Waals surface area contributed by atoms with Crippen molar-refractivity contribution in [2.45, 2.75) is 11.4 Å². The summed E-state index contributed by atoms with van der Waals surface area (Å²) in [6, 6.07) is 6.93. The van der Waals surface area contributed by atoms with E-state index in [-0.39, 0.29) is 10.6 Å². The van der Waals surface area contributed by atoms with Crippen LogP contribution in [0.2, 0.25) is 0 Å². The van der Waals surface area contributed by atoms with Crippen molar-refractivity contribution in [3.05, 3.63) is 39.0 Å². The molecule has 0 atom stereocenters. The van der Waals surface area contributed by atoms with Gasteiger partial charge in [-0.1, -0.05) is 6.07 Å². The van der Waals surface area contributed by atoms with E-state index in [1.54, 1.807) is 23.5 Å². The lowest BCUT2D eigenvalue weighted by molar-refractivity contribution is 0.602. The fourth-order valence-electron chi connectivity index (χ4n) is 1.65. The number of hydrogen-bond acceptors (Lipinski definition) is 5. The van der Waals surface area contributed by atoms with Gasteiger partial charge in [-0.2, -0.15) is 0 Å². The lowest BCUT2D eigenvalue weighted by Crippen LogP contribution is -2.07. The molecule has 3 N–H and O–H groups in total. The molecular weight excluding hydrogens is 348 g/mol. The van der Waals surface area contributed by atoms with Crippen molar-refractivity contribution < 1.29 is 8.42 Å². The Morgan fingerprint density at radius 3 is 2.68 bits per heavy atom. The number of nitrogens with one attached hydrogen (secondary N) is 1. The Bertz CT molecular complexity index is 696. The smallest absolute Gasteiger partial charge is 0.177 e. The zero-order chi connectivity index (χ0) is 14.0. The third kappa shape index (κ3) is 3.29. The predicted molar refractivity (Wildman–Crippen MR) is 83.3 cm³/mol. The summed E-state index contributed by atoms with van der Waals surface area (Å²) >= 11 is 5.06. The molecule has 0 aliphatic rings. The van der Waals surface area contributed by atoms with Crippen molar-refractivity contribution in [2.75, 3.05) is 17.3 Å². The monoisotopic (exact) mass is 360 g/mol. The van der Waals surface area contributed by atoms with Gasteiger partial charge in [-0.05, 0) is 39.5 Å². The van der Waals surface area contributed by atoms with Gasteiger partial charge in [0, 0.05) is 15.6 Å². The molecule has 0 aliphatic heterocycles. The van der Waals surface area contributed by atoms with E-state index < -0.39 is 9.84 Å². The fourth-order valence-corrected chi connectivity index (χ4v) is 3.92. The Kier molecular flexibility index (Phi) is 4.17. The molecule has 102 valence electrons. The fraction of sp³-hybridized carbons (Fsp3) is 0.167. The number of nitrogen functional groups attached to an aromatic ring is 1. The van der Waals surface area contributed by atoms with Gasteiger partial charge in [-0.15, -0.1) is 11.3 Å². The summed E-state index contributed by atoms with van der Waals surface area (Å²) in [6.07, 6.45) is 1.15. The molecule has 0 saturated carbocycles. The summed E-state index contributed by atoms with van der Waals surface area (Å²) < 4.78 is 24.2. The number of nitrogens with two attached hydrogens (primary N) is 1. The molecule has 1 aromatic heterocycles. The van der Waals surface area contributed by atoms with Crippen LogP contribution in [-0.2, 0) is 16.4 Å². The molecule has 1 heterocycles. The summed E-state index contributed by atoms with van der Waals surface area (Å²) in [6.45, 7) is 0.593. The van der Waals surface area contributed by atoms with Crippen molar-refractivity contribution in [2.24, 2.45) is 0 Å². The van der Waals surface area contributed by atoms with Crippen molar-refractivity contribution in [3.63, 3.8) is 0 Å². The van der Waals surface area contributed by atoms with E-state index in [9.17, 15) is 8.42 Å². The Balaban J connectivity index is 2.25. The first-order valence-corrected chi connectivity index (χ1v) is 9.00. The summed E-state index contributed by atoms with van der Waals surface area (Å²) in [4.78, 5) is 1.28. The minimum atomic E-state index is -3.31. The van der Waals surface area contributed by atoms with Crippen LogP contribution in [-0.4, -0.2) is 14.7 Å². The van der Waals surface area contributed by atoms with Crippen LogP contribution in [0.3, 0.4) is 0 Å². The maximum atomic E-state index is 11.6. The second kappa shape index (κ2) is 5.52. The molecule has 1 aromatic carbocycles. The number of sulfone groups is 1. The van der Waals surface area contributed by atoms with Crippen LogP contribution in [0.4, 0.5) is 11.4 Å². The van der Waals surface area contributed by atoms with Crippen molar-refractivity contribution in [1.29, 1.82) is 0 Å². The van der Waals surface area contributed by atoms with Gasteiger partial charge in [0.2, 0.25) is 0 Å². The van der Waals surface area contributed by atoms with E-state index >= 15 is 0 Å². The first-order valence-electron chi connectivity index (χ1n) is 5.44. The second-order valence-corrected chi connectivity index (χ2v) is 7.87. The molecule has 0 fully saturated rings. The van der Waals surface area contributed by atoms with Gasteiger partial charge in [0.05, 0.1) is 22.8 Å². The van der Waals surface area contributed by atoms with Gasteiger partial charge in [0.15, 0.2) is 9.84 Å². The van der Waals surface area contributed by atoms with Crippen LogP contribution in [0.15, 0.2) is 39.0 Å². The van der Waals surface area contributed by atoms with Gasteiger partial charge in [-0.3, -0.25) is 0 Å². The molecule has 0 bridgehead atoms. The molecule has 0 radical (unpaired) electrons. The molecule has 0 unspecified atom stereocenters. The normalized spacial score (nSPS) is 11.5. The highest BCUT2D eigenvalue weighted by atomic mass is 79.9. The Morgan fingerprint density at radius 1 is 1.37 bits per heavy atom. The Morgan fingerprint density at radius 2 is 2.11 bits per heavy atom. The highest BCUT2D eigenvalue weighted by Gasteiger charge is 2.14. The summed E-state index contributed by atoms with van der Waals surface area (Å²) in [5.41, 5.74) is 6.79. The van der Waals surface area contributed by atoms with Crippen LogP contribution in [0.5, 0.6) is 0 Å². The van der Waals surface area contributed by atoms with Crippen molar-refractivity contribution >= 4 is 48.5 Å². The van der Waals surface area contributed by atoms with Crippen LogP contribution >= 0.6 is 27.3 Å². The predicted octanol–water partition coefficient (Wildman–Crippen LogP) is 3.11. The minimum Gasteiger partial charge on any atom is -0.396 e. The minimum absolute atomic E-state index is 0.155. The first-order chi connectivity index (χ1) is 8.89. The van der Waals surface area contributed by atoms with Gasteiger partial charge in [0.25, 0.3) is 0 Å². The molecule has 4 nitrogen and oxygen atoms in total. The van der Waals surface area contributed by atoms with Gasteiger partial charge < -0.3 is 11.1 Å². The number of rotatable bonds is 4. The molecule has 0 amide bonds. The van der Waals surface area contributed by atoms with E-state index in [0.717, 1.165) is 15.6 Å². The van der Waals surface area contributed by atoms with E-state index in [1.165, 1.54) is 6.07 Å². The Labute approximate surface area is 124 Å². The van der Waals surface area contributed by atoms with Crippen LogP contribution in [0.25, 0.3) is 0 Å². The average molecular weight is 361 g/mol. The first kappa shape index (κ1) is 14.4. The number of hydrogen-bond donors (Lipinski definition) is 2. The number of para-hydroxylation sites is 1. The van der Waals surface area contributed by atoms with Crippen molar-refractivity contribution in [3.8, 4) is 0 Å². The summed E-state index contributed by atoms with van der Waals surface area (Å²) in [5.74, 6) is 0. The Hall–Kier alpha value is -1.05. The average Bonchev–Trinajstić information content (AvgIpc) is 2.72. The van der Waals surface area contributed by atoms with E-state index in [4.69, 9.17) is 5.73 Å². The quantitative estimate of drug-likeness (QED) is 0.821. The van der Waals surface area contributed by atoms with Gasteiger partial charge in [0.1, 0.15) is 0 Å². The largest absolute Gasteiger partial charge is 0.396 e. The van der Waals surface area contributed by atoms with E-state index in [2.05, 4.69) is 21.2 Å². The van der Waals surface area contributed by atoms with Gasteiger partial charge >= 0.3 is 0 Å². The number of anilines is 2. The van der Waals surface area contributed by atoms with Crippen molar-refractivity contribution in [1.82, 2.24) is 0 Å². The topological polar surface area (TPSA) is 72.2 Å². The SMILES string of the molecule is CS(=O)(=O)c1cccc(NCc2sccc2Br)c1N. The summed E-state index contributed by atoms with van der Waals surface area (Å²) in [5, 5.41) is 5.14. The molecule has 2 aromatic rings.